The summed E-state index contributed by atoms with van der Waals surface area (Å²) in [6.07, 6.45) is 5.90. The smallest absolute Gasteiger partial charge is 0.314 e. The Kier molecular flexibility index (Phi) is 14.3. The Labute approximate surface area is 322 Å². The van der Waals surface area contributed by atoms with E-state index in [1.807, 2.05) is 30.3 Å². The number of aliphatic hydroxyl groups excluding tert-OH is 3. The van der Waals surface area contributed by atoms with E-state index in [2.05, 4.69) is 15.6 Å². The van der Waals surface area contributed by atoms with Crippen LogP contribution in [0.2, 0.25) is 5.02 Å². The highest BCUT2D eigenvalue weighted by molar-refractivity contribution is 7.89. The van der Waals surface area contributed by atoms with Crippen molar-refractivity contribution < 1.29 is 42.4 Å². The van der Waals surface area contributed by atoms with Crippen LogP contribution < -0.4 is 15.4 Å². The van der Waals surface area contributed by atoms with Crippen LogP contribution in [-0.4, -0.2) is 89.7 Å². The lowest BCUT2D eigenvalue weighted by Crippen LogP contribution is -2.43. The summed E-state index contributed by atoms with van der Waals surface area (Å²) in [5.41, 5.74) is 2.44. The van der Waals surface area contributed by atoms with Crippen molar-refractivity contribution >= 4 is 27.7 Å². The number of rotatable bonds is 21. The number of sulfonamides is 1. The van der Waals surface area contributed by atoms with Gasteiger partial charge in [0.2, 0.25) is 10.0 Å². The number of carbonyl (C=O) groups is 1. The molecule has 0 bridgehead atoms. The molecule has 2 aliphatic rings. The van der Waals surface area contributed by atoms with Gasteiger partial charge in [0.1, 0.15) is 16.5 Å². The molecule has 2 aliphatic carbocycles. The summed E-state index contributed by atoms with van der Waals surface area (Å²) < 4.78 is 57.2. The van der Waals surface area contributed by atoms with Crippen LogP contribution in [0.15, 0.2) is 59.8 Å². The van der Waals surface area contributed by atoms with Gasteiger partial charge in [0, 0.05) is 66.7 Å². The molecule has 3 atom stereocenters. The summed E-state index contributed by atoms with van der Waals surface area (Å²) in [5, 5.41) is 34.3. The molecular weight excluding hydrogens is 739 g/mol. The van der Waals surface area contributed by atoms with Crippen molar-refractivity contribution in [3.8, 4) is 16.9 Å². The van der Waals surface area contributed by atoms with E-state index in [4.69, 9.17) is 26.2 Å². The maximum atomic E-state index is 15.4. The molecule has 2 saturated carbocycles. The first-order valence-corrected chi connectivity index (χ1v) is 20.4. The number of hydrogen-bond donors (Lipinski definition) is 5. The Morgan fingerprint density at radius 1 is 1.09 bits per heavy atom. The van der Waals surface area contributed by atoms with Crippen LogP contribution in [0.3, 0.4) is 0 Å². The second-order valence-electron chi connectivity index (χ2n) is 14.5. The summed E-state index contributed by atoms with van der Waals surface area (Å²) in [7, 11) is -4.29. The number of amides is 2. The van der Waals surface area contributed by atoms with Crippen molar-refractivity contribution in [3.05, 3.63) is 76.8 Å². The SMILES string of the molecule is CC(C)N(CCCCNC(=O)NC[C@H](C)C(O)C(O)CCO)S(=O)(=O)c1cc(COC2(c3cnccc3-c3ccccc3OC3CC3)CC2)c(Cl)cc1F. The number of benzene rings is 2. The molecule has 5 rings (SSSR count). The number of unbranched alkanes of at least 4 members (excludes halogenated alkanes) is 1. The van der Waals surface area contributed by atoms with E-state index in [0.29, 0.717) is 18.4 Å². The lowest BCUT2D eigenvalue weighted by atomic mass is 9.96. The number of para-hydroxylation sites is 1. The molecular formula is C39H52ClFN4O8S. The number of hydrogen-bond acceptors (Lipinski definition) is 9. The summed E-state index contributed by atoms with van der Waals surface area (Å²) in [6.45, 7) is 5.22. The Bertz CT molecular complexity index is 1840. The van der Waals surface area contributed by atoms with Crippen molar-refractivity contribution in [1.82, 2.24) is 19.9 Å². The zero-order valence-corrected chi connectivity index (χ0v) is 32.6. The maximum Gasteiger partial charge on any atom is 0.314 e. The highest BCUT2D eigenvalue weighted by atomic mass is 35.5. The number of pyridine rings is 1. The van der Waals surface area contributed by atoms with E-state index >= 15 is 4.39 Å². The van der Waals surface area contributed by atoms with Gasteiger partial charge in [-0.25, -0.2) is 17.6 Å². The quantitative estimate of drug-likeness (QED) is 0.0874. The van der Waals surface area contributed by atoms with Gasteiger partial charge < -0.3 is 35.4 Å². The third-order valence-corrected chi connectivity index (χ3v) is 12.3. The summed E-state index contributed by atoms with van der Waals surface area (Å²) in [5.74, 6) is -0.614. The van der Waals surface area contributed by atoms with Crippen LogP contribution in [0.1, 0.15) is 76.8 Å². The minimum atomic E-state index is -4.29. The first-order chi connectivity index (χ1) is 25.8. The molecule has 0 saturated heterocycles. The average Bonchev–Trinajstić information content (AvgIpc) is 4.09. The van der Waals surface area contributed by atoms with Crippen molar-refractivity contribution in [2.45, 2.75) is 107 Å². The van der Waals surface area contributed by atoms with E-state index in [-0.39, 0.29) is 50.4 Å². The maximum absolute atomic E-state index is 15.4. The first-order valence-electron chi connectivity index (χ1n) is 18.6. The molecule has 12 nitrogen and oxygen atoms in total. The molecule has 2 aromatic carbocycles. The third kappa shape index (κ3) is 10.5. The Balaban J connectivity index is 1.20. The van der Waals surface area contributed by atoms with Gasteiger partial charge in [-0.1, -0.05) is 36.7 Å². The minimum Gasteiger partial charge on any atom is -0.490 e. The molecule has 1 heterocycles. The molecule has 2 unspecified atom stereocenters. The molecule has 15 heteroatoms. The van der Waals surface area contributed by atoms with E-state index < -0.39 is 56.5 Å². The largest absolute Gasteiger partial charge is 0.490 e. The van der Waals surface area contributed by atoms with E-state index in [0.717, 1.165) is 54.2 Å². The number of ether oxygens (including phenoxy) is 2. The van der Waals surface area contributed by atoms with Crippen LogP contribution in [0.4, 0.5) is 9.18 Å². The molecule has 2 amide bonds. The fourth-order valence-electron chi connectivity index (χ4n) is 6.35. The minimum absolute atomic E-state index is 0.0302. The molecule has 0 radical (unpaired) electrons. The predicted octanol–water partition coefficient (Wildman–Crippen LogP) is 5.51. The van der Waals surface area contributed by atoms with Crippen LogP contribution in [0.25, 0.3) is 11.1 Å². The number of urea groups is 1. The predicted molar refractivity (Wildman–Crippen MR) is 203 cm³/mol. The van der Waals surface area contributed by atoms with E-state index in [1.165, 1.54) is 10.4 Å². The molecule has 0 spiro atoms. The second-order valence-corrected chi connectivity index (χ2v) is 16.8. The zero-order chi connectivity index (χ0) is 39.0. The molecule has 5 N–H and O–H groups in total. The molecule has 2 fully saturated rings. The Hall–Kier alpha value is -3.37. The van der Waals surface area contributed by atoms with Crippen molar-refractivity contribution in [1.29, 1.82) is 0 Å². The number of carbonyl (C=O) groups excluding carboxylic acids is 1. The van der Waals surface area contributed by atoms with Crippen molar-refractivity contribution in [2.75, 3.05) is 26.2 Å². The zero-order valence-electron chi connectivity index (χ0n) is 31.0. The Morgan fingerprint density at radius 2 is 1.83 bits per heavy atom. The highest BCUT2D eigenvalue weighted by Gasteiger charge is 2.48. The number of aliphatic hydroxyl groups is 3. The lowest BCUT2D eigenvalue weighted by Gasteiger charge is -2.27. The molecule has 1 aromatic heterocycles. The van der Waals surface area contributed by atoms with Crippen LogP contribution >= 0.6 is 11.6 Å². The molecule has 296 valence electrons. The van der Waals surface area contributed by atoms with Gasteiger partial charge in [-0.15, -0.1) is 0 Å². The van der Waals surface area contributed by atoms with Crippen LogP contribution in [-0.2, 0) is 27.0 Å². The first kappa shape index (κ1) is 41.8. The number of nitrogens with zero attached hydrogens (tertiary/aromatic N) is 2. The second kappa shape index (κ2) is 18.5. The van der Waals surface area contributed by atoms with Gasteiger partial charge in [-0.3, -0.25) is 4.98 Å². The highest BCUT2D eigenvalue weighted by Crippen LogP contribution is 2.53. The molecule has 3 aromatic rings. The summed E-state index contributed by atoms with van der Waals surface area (Å²) in [6, 6.07) is 11.1. The standard InChI is InChI=1S/C39H52ClFN4O8S/c1-25(2)45(18-7-6-16-43-38(49)44-22-26(3)37(48)34(47)13-19-46)54(50,51)36-20-27(32(40)21-33(36)41)24-52-39(14-15-39)31-23-42-17-12-29(31)30-8-4-5-9-35(30)53-28-10-11-28/h4-5,8-9,12,17,20-21,23,25-26,28,34,37,46-48H,6-7,10-11,13-16,18-19,22,24H2,1-3H3,(H2,43,44,49)/t26-,34?,37?/m0/s1. The third-order valence-electron chi connectivity index (χ3n) is 9.86. The monoisotopic (exact) mass is 790 g/mol. The lowest BCUT2D eigenvalue weighted by molar-refractivity contribution is -0.0225. The molecule has 54 heavy (non-hydrogen) atoms. The number of halogens is 2. The van der Waals surface area contributed by atoms with Gasteiger partial charge in [-0.05, 0) is 94.2 Å². The Morgan fingerprint density at radius 3 is 2.52 bits per heavy atom. The van der Waals surface area contributed by atoms with E-state index in [1.54, 1.807) is 33.2 Å². The van der Waals surface area contributed by atoms with Gasteiger partial charge in [-0.2, -0.15) is 4.31 Å². The van der Waals surface area contributed by atoms with Gasteiger partial charge in [0.15, 0.2) is 0 Å². The fraction of sp³-hybridized carbons (Fsp3) is 0.538. The van der Waals surface area contributed by atoms with Crippen LogP contribution in [0, 0.1) is 11.7 Å². The average molecular weight is 791 g/mol. The van der Waals surface area contributed by atoms with Gasteiger partial charge >= 0.3 is 6.03 Å². The van der Waals surface area contributed by atoms with Crippen molar-refractivity contribution in [2.24, 2.45) is 5.92 Å². The number of aromatic nitrogens is 1. The number of nitrogens with one attached hydrogen (secondary N) is 2. The van der Waals surface area contributed by atoms with Gasteiger partial charge in [0.25, 0.3) is 0 Å². The van der Waals surface area contributed by atoms with Crippen LogP contribution in [0.5, 0.6) is 5.75 Å². The van der Waals surface area contributed by atoms with Gasteiger partial charge in [0.05, 0.1) is 30.5 Å². The topological polar surface area (TPSA) is 171 Å². The van der Waals surface area contributed by atoms with Crippen molar-refractivity contribution in [3.63, 3.8) is 0 Å². The summed E-state index contributed by atoms with van der Waals surface area (Å²) in [4.78, 5) is 16.2. The molecule has 0 aliphatic heterocycles. The van der Waals surface area contributed by atoms with E-state index in [9.17, 15) is 23.4 Å². The summed E-state index contributed by atoms with van der Waals surface area (Å²) >= 11 is 6.49. The normalized spacial score (nSPS) is 16.9. The fourth-order valence-corrected chi connectivity index (χ4v) is 8.32.